The monoisotopic (exact) mass is 416 g/mol. The molecule has 0 fully saturated rings. The number of carbonyl (C=O) groups excluding carboxylic acids is 1. The van der Waals surface area contributed by atoms with Crippen LogP contribution in [0.2, 0.25) is 10.0 Å². The van der Waals surface area contributed by atoms with Gasteiger partial charge < -0.3 is 13.9 Å². The molecule has 2 aromatic carbocycles. The molecule has 1 aliphatic rings. The first-order chi connectivity index (χ1) is 13.6. The minimum Gasteiger partial charge on any atom is -0.486 e. The molecule has 28 heavy (non-hydrogen) atoms. The third-order valence-electron chi connectivity index (χ3n) is 3.99. The minimum atomic E-state index is -0.374. The van der Waals surface area contributed by atoms with Crippen molar-refractivity contribution in [2.75, 3.05) is 13.2 Å². The number of furan rings is 1. The lowest BCUT2D eigenvalue weighted by atomic mass is 10.2. The van der Waals surface area contributed by atoms with Gasteiger partial charge in [0.15, 0.2) is 11.5 Å². The molecular formula is C20H14Cl2N2O4. The van der Waals surface area contributed by atoms with Crippen LogP contribution in [-0.2, 0) is 0 Å². The quantitative estimate of drug-likeness (QED) is 0.490. The van der Waals surface area contributed by atoms with Crippen LogP contribution in [0, 0.1) is 0 Å². The first-order valence-electron chi connectivity index (χ1n) is 8.38. The van der Waals surface area contributed by atoms with E-state index in [2.05, 4.69) is 10.5 Å². The fraction of sp³-hybridized carbons (Fsp3) is 0.100. The molecule has 1 aliphatic heterocycles. The van der Waals surface area contributed by atoms with Gasteiger partial charge in [0.05, 0.1) is 11.2 Å². The Balaban J connectivity index is 1.42. The van der Waals surface area contributed by atoms with Gasteiger partial charge in [0.1, 0.15) is 24.7 Å². The summed E-state index contributed by atoms with van der Waals surface area (Å²) in [5.74, 6) is 1.82. The molecule has 0 unspecified atom stereocenters. The van der Waals surface area contributed by atoms with Crippen molar-refractivity contribution in [1.82, 2.24) is 5.43 Å². The topological polar surface area (TPSA) is 73.1 Å². The molecule has 1 aromatic heterocycles. The largest absolute Gasteiger partial charge is 0.486 e. The zero-order valence-corrected chi connectivity index (χ0v) is 16.0. The third-order valence-corrected chi connectivity index (χ3v) is 4.53. The summed E-state index contributed by atoms with van der Waals surface area (Å²) in [6, 6.07) is 13.6. The highest BCUT2D eigenvalue weighted by molar-refractivity contribution is 6.36. The van der Waals surface area contributed by atoms with Crippen LogP contribution in [0.3, 0.4) is 0 Å². The van der Waals surface area contributed by atoms with Crippen LogP contribution in [-0.4, -0.2) is 25.3 Å². The average Bonchev–Trinajstić information content (AvgIpc) is 3.16. The fourth-order valence-electron chi connectivity index (χ4n) is 2.66. The van der Waals surface area contributed by atoms with Gasteiger partial charge in [-0.1, -0.05) is 23.2 Å². The highest BCUT2D eigenvalue weighted by Crippen LogP contribution is 2.32. The molecule has 3 aromatic rings. The van der Waals surface area contributed by atoms with Gasteiger partial charge in [0.2, 0.25) is 0 Å². The van der Waals surface area contributed by atoms with E-state index in [0.29, 0.717) is 57.4 Å². The predicted molar refractivity (Wildman–Crippen MR) is 107 cm³/mol. The number of hydrogen-bond acceptors (Lipinski definition) is 5. The number of fused-ring (bicyclic) bond motifs is 1. The summed E-state index contributed by atoms with van der Waals surface area (Å²) in [5.41, 5.74) is 3.58. The zero-order chi connectivity index (χ0) is 19.5. The normalized spacial score (nSPS) is 12.9. The van der Waals surface area contributed by atoms with Gasteiger partial charge in [0.25, 0.3) is 5.91 Å². The Morgan fingerprint density at radius 1 is 1.00 bits per heavy atom. The fourth-order valence-corrected chi connectivity index (χ4v) is 3.16. The van der Waals surface area contributed by atoms with Crippen molar-refractivity contribution in [1.29, 1.82) is 0 Å². The Bertz CT molecular complexity index is 1060. The number of hydrogen-bond donors (Lipinski definition) is 1. The summed E-state index contributed by atoms with van der Waals surface area (Å²) in [6.07, 6.45) is 1.41. The first kappa shape index (κ1) is 18.4. The second kappa shape index (κ2) is 7.96. The van der Waals surface area contributed by atoms with Crippen molar-refractivity contribution in [3.63, 3.8) is 0 Å². The van der Waals surface area contributed by atoms with Crippen molar-refractivity contribution in [3.05, 3.63) is 69.9 Å². The summed E-state index contributed by atoms with van der Waals surface area (Å²) >= 11 is 12.1. The van der Waals surface area contributed by atoms with E-state index in [1.807, 2.05) is 0 Å². The van der Waals surface area contributed by atoms with Crippen LogP contribution in [0.1, 0.15) is 16.1 Å². The van der Waals surface area contributed by atoms with Gasteiger partial charge in [-0.2, -0.15) is 5.10 Å². The maximum Gasteiger partial charge on any atom is 0.271 e. The molecule has 2 heterocycles. The van der Waals surface area contributed by atoms with E-state index in [1.54, 1.807) is 48.5 Å². The second-order valence-electron chi connectivity index (χ2n) is 5.88. The van der Waals surface area contributed by atoms with Gasteiger partial charge >= 0.3 is 0 Å². The van der Waals surface area contributed by atoms with E-state index < -0.39 is 0 Å². The number of halogens is 2. The number of nitrogens with zero attached hydrogens (tertiary/aromatic N) is 1. The van der Waals surface area contributed by atoms with Gasteiger partial charge in [0, 0.05) is 16.1 Å². The standard InChI is InChI=1S/C20H14Cl2N2O4/c21-13-2-4-15(16(22)10-13)17-6-3-14(28-17)11-23-24-20(25)12-1-5-18-19(9-12)27-8-7-26-18/h1-6,9-11H,7-8H2,(H,24,25). The maximum atomic E-state index is 12.2. The Morgan fingerprint density at radius 2 is 1.82 bits per heavy atom. The lowest BCUT2D eigenvalue weighted by Crippen LogP contribution is -2.19. The zero-order valence-electron chi connectivity index (χ0n) is 14.4. The molecule has 142 valence electrons. The summed E-state index contributed by atoms with van der Waals surface area (Å²) in [7, 11) is 0. The molecule has 0 atom stereocenters. The molecule has 0 radical (unpaired) electrons. The van der Waals surface area contributed by atoms with E-state index in [9.17, 15) is 4.79 Å². The van der Waals surface area contributed by atoms with Crippen molar-refractivity contribution >= 4 is 35.3 Å². The van der Waals surface area contributed by atoms with E-state index in [4.69, 9.17) is 37.1 Å². The van der Waals surface area contributed by atoms with Crippen LogP contribution < -0.4 is 14.9 Å². The molecule has 0 bridgehead atoms. The average molecular weight is 417 g/mol. The van der Waals surface area contributed by atoms with Crippen LogP contribution >= 0.6 is 23.2 Å². The predicted octanol–water partition coefficient (Wildman–Crippen LogP) is 4.79. The molecule has 0 saturated heterocycles. The van der Waals surface area contributed by atoms with Gasteiger partial charge in [-0.15, -0.1) is 0 Å². The summed E-state index contributed by atoms with van der Waals surface area (Å²) in [5, 5.41) is 4.96. The van der Waals surface area contributed by atoms with Crippen molar-refractivity contribution in [2.24, 2.45) is 5.10 Å². The van der Waals surface area contributed by atoms with E-state index in [1.165, 1.54) is 6.21 Å². The Hall–Kier alpha value is -2.96. The molecular weight excluding hydrogens is 403 g/mol. The molecule has 0 spiro atoms. The van der Waals surface area contributed by atoms with Crippen LogP contribution in [0.25, 0.3) is 11.3 Å². The molecule has 4 rings (SSSR count). The van der Waals surface area contributed by atoms with Crippen molar-refractivity contribution < 1.29 is 18.7 Å². The van der Waals surface area contributed by atoms with E-state index >= 15 is 0 Å². The molecule has 0 aliphatic carbocycles. The Morgan fingerprint density at radius 3 is 2.64 bits per heavy atom. The number of rotatable bonds is 4. The molecule has 1 amide bonds. The number of nitrogens with one attached hydrogen (secondary N) is 1. The van der Waals surface area contributed by atoms with Crippen LogP contribution in [0.4, 0.5) is 0 Å². The summed E-state index contributed by atoms with van der Waals surface area (Å²) in [4.78, 5) is 12.2. The van der Waals surface area contributed by atoms with Crippen LogP contribution in [0.5, 0.6) is 11.5 Å². The third kappa shape index (κ3) is 3.98. The van der Waals surface area contributed by atoms with Gasteiger partial charge in [-0.3, -0.25) is 4.79 Å². The number of benzene rings is 2. The lowest BCUT2D eigenvalue weighted by molar-refractivity contribution is 0.0954. The summed E-state index contributed by atoms with van der Waals surface area (Å²) < 4.78 is 16.6. The summed E-state index contributed by atoms with van der Waals surface area (Å²) in [6.45, 7) is 0.948. The number of carbonyl (C=O) groups is 1. The lowest BCUT2D eigenvalue weighted by Gasteiger charge is -2.18. The Kier molecular flexibility index (Phi) is 5.23. The first-order valence-corrected chi connectivity index (χ1v) is 9.14. The minimum absolute atomic E-state index is 0.374. The maximum absolute atomic E-state index is 12.2. The molecule has 1 N–H and O–H groups in total. The van der Waals surface area contributed by atoms with E-state index in [0.717, 1.165) is 0 Å². The van der Waals surface area contributed by atoms with Gasteiger partial charge in [-0.05, 0) is 48.5 Å². The van der Waals surface area contributed by atoms with E-state index in [-0.39, 0.29) is 5.91 Å². The molecule has 8 heteroatoms. The SMILES string of the molecule is O=C(NN=Cc1ccc(-c2ccc(Cl)cc2Cl)o1)c1ccc2c(c1)OCCO2. The van der Waals surface area contributed by atoms with Crippen molar-refractivity contribution in [2.45, 2.75) is 0 Å². The molecule has 6 nitrogen and oxygen atoms in total. The van der Waals surface area contributed by atoms with Crippen molar-refractivity contribution in [3.8, 4) is 22.8 Å². The number of ether oxygens (including phenoxy) is 2. The number of amides is 1. The van der Waals surface area contributed by atoms with Crippen LogP contribution in [0.15, 0.2) is 58.0 Å². The highest BCUT2D eigenvalue weighted by atomic mass is 35.5. The Labute approximate surface area is 170 Å². The second-order valence-corrected chi connectivity index (χ2v) is 6.73. The van der Waals surface area contributed by atoms with Gasteiger partial charge in [-0.25, -0.2) is 5.43 Å². The number of hydrazone groups is 1. The molecule has 0 saturated carbocycles. The highest BCUT2D eigenvalue weighted by Gasteiger charge is 2.14. The smallest absolute Gasteiger partial charge is 0.271 e.